The maximum atomic E-state index is 13.4. The Hall–Kier alpha value is -1.53. The van der Waals surface area contributed by atoms with Gasteiger partial charge in [-0.3, -0.25) is 4.55 Å². The zero-order valence-electron chi connectivity index (χ0n) is 15.2. The van der Waals surface area contributed by atoms with E-state index in [0.717, 1.165) is 17.7 Å². The first-order valence-corrected chi connectivity index (χ1v) is 8.56. The summed E-state index contributed by atoms with van der Waals surface area (Å²) in [6, 6.07) is 13.4. The van der Waals surface area contributed by atoms with Gasteiger partial charge in [-0.1, -0.05) is 42.5 Å². The van der Waals surface area contributed by atoms with Crippen LogP contribution in [-0.4, -0.2) is 36.5 Å². The largest absolute Gasteiger partial charge is 1.00 e. The van der Waals surface area contributed by atoms with Crippen LogP contribution in [0.25, 0.3) is 11.1 Å². The van der Waals surface area contributed by atoms with Gasteiger partial charge in [-0.15, -0.1) is 0 Å². The molecular formula is C16H12F5NaO5S. The molecule has 0 aromatic heterocycles. The van der Waals surface area contributed by atoms with E-state index in [1.807, 2.05) is 0 Å². The Labute approximate surface area is 180 Å². The molecule has 0 aliphatic heterocycles. The van der Waals surface area contributed by atoms with Crippen LogP contribution in [0.1, 0.15) is 11.8 Å². The van der Waals surface area contributed by atoms with E-state index in [0.29, 0.717) is 5.56 Å². The van der Waals surface area contributed by atoms with Crippen molar-refractivity contribution >= 4 is 16.1 Å². The van der Waals surface area contributed by atoms with Crippen molar-refractivity contribution in [3.05, 3.63) is 60.2 Å². The molecule has 1 N–H and O–H groups in total. The molecule has 1 unspecified atom stereocenters. The summed E-state index contributed by atoms with van der Waals surface area (Å²) in [5.74, 6) is -1.83. The number of ether oxygens (including phenoxy) is 1. The Kier molecular flexibility index (Phi) is 7.76. The van der Waals surface area contributed by atoms with Gasteiger partial charge in [-0.25, -0.2) is 4.79 Å². The molecule has 0 heterocycles. The number of rotatable bonds is 5. The number of hydrogen-bond donors (Lipinski definition) is 1. The van der Waals surface area contributed by atoms with Crippen LogP contribution in [0.4, 0.5) is 22.0 Å². The van der Waals surface area contributed by atoms with Crippen molar-refractivity contribution in [2.24, 2.45) is 0 Å². The summed E-state index contributed by atoms with van der Waals surface area (Å²) in [7, 11) is -6.49. The Morgan fingerprint density at radius 2 is 1.39 bits per heavy atom. The molecule has 1 atom stereocenters. The zero-order chi connectivity index (χ0) is 20.5. The summed E-state index contributed by atoms with van der Waals surface area (Å²) in [4.78, 5) is 11.8. The fourth-order valence-corrected chi connectivity index (χ4v) is 2.52. The average Bonchev–Trinajstić information content (AvgIpc) is 2.58. The molecule has 0 fully saturated rings. The molecule has 5 nitrogen and oxygen atoms in total. The van der Waals surface area contributed by atoms with Crippen LogP contribution in [0.15, 0.2) is 54.6 Å². The molecule has 148 valence electrons. The van der Waals surface area contributed by atoms with Crippen LogP contribution in [0, 0.1) is 0 Å². The van der Waals surface area contributed by atoms with Crippen molar-refractivity contribution in [1.82, 2.24) is 0 Å². The van der Waals surface area contributed by atoms with E-state index >= 15 is 0 Å². The van der Waals surface area contributed by atoms with Gasteiger partial charge in [0.1, 0.15) is 0 Å². The zero-order valence-corrected chi connectivity index (χ0v) is 17.0. The number of halogens is 5. The maximum Gasteiger partial charge on any atom is 1.00 e. The van der Waals surface area contributed by atoms with Gasteiger partial charge in [-0.2, -0.15) is 30.4 Å². The Bertz CT molecular complexity index is 921. The second kappa shape index (κ2) is 8.87. The van der Waals surface area contributed by atoms with Crippen molar-refractivity contribution in [2.75, 3.05) is 0 Å². The molecule has 2 aromatic rings. The van der Waals surface area contributed by atoms with Gasteiger partial charge in [0.25, 0.3) is 6.10 Å². The van der Waals surface area contributed by atoms with Gasteiger partial charge in [-0.05, 0) is 23.3 Å². The van der Waals surface area contributed by atoms with Crippen molar-refractivity contribution in [3.8, 4) is 11.1 Å². The first kappa shape index (κ1) is 24.5. The van der Waals surface area contributed by atoms with E-state index in [-0.39, 0.29) is 31.0 Å². The minimum atomic E-state index is -6.49. The van der Waals surface area contributed by atoms with Gasteiger partial charge in [0.2, 0.25) is 0 Å². The van der Waals surface area contributed by atoms with E-state index in [4.69, 9.17) is 4.55 Å². The third-order valence-electron chi connectivity index (χ3n) is 3.40. The summed E-state index contributed by atoms with van der Waals surface area (Å²) in [5.41, 5.74) is 0.793. The molecule has 0 aliphatic carbocycles. The molecule has 0 saturated carbocycles. The van der Waals surface area contributed by atoms with Crippen LogP contribution >= 0.6 is 0 Å². The maximum absolute atomic E-state index is 13.4. The van der Waals surface area contributed by atoms with Crippen LogP contribution in [0.3, 0.4) is 0 Å². The summed E-state index contributed by atoms with van der Waals surface area (Å²) in [6.07, 6.45) is -10.3. The van der Waals surface area contributed by atoms with Crippen LogP contribution in [0.2, 0.25) is 0 Å². The minimum absolute atomic E-state index is 0. The number of hydrogen-bond acceptors (Lipinski definition) is 4. The quantitative estimate of drug-likeness (QED) is 0.329. The van der Waals surface area contributed by atoms with Gasteiger partial charge in [0, 0.05) is 0 Å². The first-order valence-electron chi connectivity index (χ1n) is 7.12. The van der Waals surface area contributed by atoms with E-state index in [9.17, 15) is 35.2 Å². The molecule has 0 aliphatic rings. The fourth-order valence-electron chi connectivity index (χ4n) is 2.07. The van der Waals surface area contributed by atoms with Crippen LogP contribution in [0.5, 0.6) is 0 Å². The van der Waals surface area contributed by atoms with E-state index in [2.05, 4.69) is 4.74 Å². The molecular weight excluding hydrogens is 422 g/mol. The normalized spacial score (nSPS) is 13.4. The van der Waals surface area contributed by atoms with Crippen LogP contribution in [-0.2, 0) is 14.9 Å². The van der Waals surface area contributed by atoms with Gasteiger partial charge >= 0.3 is 57.1 Å². The van der Waals surface area contributed by atoms with Gasteiger partial charge < -0.3 is 6.16 Å². The standard InChI is InChI=1S/C16H11F5O5S.Na.H/c17-15(18,19)14(16(20,21)27(23,24)25)26-13(22)12-8-6-11(7-9-12)10-4-2-1-3-5-10;;/h1-9,14H,(H,23,24,25);;/q;+1;-1. The number of carbonyl (C=O) groups is 1. The predicted molar refractivity (Wildman–Crippen MR) is 84.7 cm³/mol. The van der Waals surface area contributed by atoms with E-state index in [1.54, 1.807) is 30.3 Å². The summed E-state index contributed by atoms with van der Waals surface area (Å²) < 4.78 is 98.3. The SMILES string of the molecule is O=C(OC(C(F)(F)F)C(F)(F)S(=O)(=O)O)c1ccc(-c2ccccc2)cc1.[H-].[Na+]. The molecule has 0 radical (unpaired) electrons. The molecule has 12 heteroatoms. The first-order chi connectivity index (χ1) is 12.3. The Morgan fingerprint density at radius 3 is 1.82 bits per heavy atom. The summed E-state index contributed by atoms with van der Waals surface area (Å²) in [5, 5.41) is -5.77. The molecule has 2 rings (SSSR count). The Morgan fingerprint density at radius 1 is 0.929 bits per heavy atom. The second-order valence-corrected chi connectivity index (χ2v) is 6.80. The molecule has 0 spiro atoms. The third kappa shape index (κ3) is 5.51. The fraction of sp³-hybridized carbons (Fsp3) is 0.188. The molecule has 0 amide bonds. The van der Waals surface area contributed by atoms with Gasteiger partial charge in [0.15, 0.2) is 0 Å². The van der Waals surface area contributed by atoms with Crippen molar-refractivity contribution in [1.29, 1.82) is 0 Å². The monoisotopic (exact) mass is 434 g/mol. The van der Waals surface area contributed by atoms with Crippen molar-refractivity contribution in [3.63, 3.8) is 0 Å². The molecule has 0 bridgehead atoms. The summed E-state index contributed by atoms with van der Waals surface area (Å²) >= 11 is 0. The third-order valence-corrected chi connectivity index (χ3v) is 4.30. The predicted octanol–water partition coefficient (Wildman–Crippen LogP) is 1.04. The topological polar surface area (TPSA) is 80.7 Å². The summed E-state index contributed by atoms with van der Waals surface area (Å²) in [6.45, 7) is 0. The van der Waals surface area contributed by atoms with Crippen LogP contribution < -0.4 is 29.6 Å². The number of alkyl halides is 5. The smallest absolute Gasteiger partial charge is 1.00 e. The number of esters is 1. The molecule has 0 saturated heterocycles. The Balaban J connectivity index is 0.00000392. The van der Waals surface area contributed by atoms with E-state index in [1.165, 1.54) is 12.1 Å². The number of carbonyl (C=O) groups excluding carboxylic acids is 1. The van der Waals surface area contributed by atoms with Crippen molar-refractivity contribution < 1.29 is 75.4 Å². The molecule has 28 heavy (non-hydrogen) atoms. The number of benzene rings is 2. The molecule has 2 aromatic carbocycles. The van der Waals surface area contributed by atoms with E-state index < -0.39 is 39.2 Å². The second-order valence-electron chi connectivity index (χ2n) is 5.31. The minimum Gasteiger partial charge on any atom is -1.00 e. The van der Waals surface area contributed by atoms with Gasteiger partial charge in [0.05, 0.1) is 5.56 Å². The average molecular weight is 434 g/mol. The van der Waals surface area contributed by atoms with Crippen molar-refractivity contribution in [2.45, 2.75) is 17.5 Å².